The Hall–Kier alpha value is -3.53. The van der Waals surface area contributed by atoms with Gasteiger partial charge in [0.25, 0.3) is 0 Å². The van der Waals surface area contributed by atoms with Gasteiger partial charge >= 0.3 is 0 Å². The van der Waals surface area contributed by atoms with E-state index in [0.29, 0.717) is 18.3 Å². The number of aromatic nitrogens is 2. The molecule has 7 nitrogen and oxygen atoms in total. The second kappa shape index (κ2) is 7.13. The monoisotopic (exact) mass is 387 g/mol. The van der Waals surface area contributed by atoms with E-state index < -0.39 is 0 Å². The smallest absolute Gasteiger partial charge is 0.231 e. The number of fused-ring (bicyclic) bond motifs is 2. The average molecular weight is 387 g/mol. The highest BCUT2D eigenvalue weighted by atomic mass is 16.7. The first-order valence-electron chi connectivity index (χ1n) is 9.79. The summed E-state index contributed by atoms with van der Waals surface area (Å²) in [4.78, 5) is 15.4. The molecule has 0 saturated carbocycles. The third kappa shape index (κ3) is 3.27. The van der Waals surface area contributed by atoms with Crippen molar-refractivity contribution < 1.29 is 9.47 Å². The molecule has 3 heterocycles. The lowest BCUT2D eigenvalue weighted by Gasteiger charge is -2.22. The molecule has 2 aliphatic heterocycles. The molecule has 1 fully saturated rings. The molecule has 0 bridgehead atoms. The number of anilines is 2. The van der Waals surface area contributed by atoms with Crippen LogP contribution in [-0.2, 0) is 6.54 Å². The molecule has 0 radical (unpaired) electrons. The molecule has 7 heteroatoms. The van der Waals surface area contributed by atoms with E-state index in [1.807, 2.05) is 30.3 Å². The van der Waals surface area contributed by atoms with E-state index in [1.54, 1.807) is 6.07 Å². The number of hydrogen-bond acceptors (Lipinski definition) is 6. The fraction of sp³-hybridized carbons (Fsp3) is 0.318. The van der Waals surface area contributed by atoms with Crippen LogP contribution in [0, 0.1) is 6.57 Å². The van der Waals surface area contributed by atoms with Crippen molar-refractivity contribution in [2.24, 2.45) is 0 Å². The maximum absolute atomic E-state index is 7.33. The van der Waals surface area contributed by atoms with Crippen molar-refractivity contribution in [3.05, 3.63) is 53.4 Å². The lowest BCUT2D eigenvalue weighted by molar-refractivity contribution is 0.174. The molecular formula is C22H21N5O2. The highest BCUT2D eigenvalue weighted by Crippen LogP contribution is 2.34. The quantitative estimate of drug-likeness (QED) is 0.665. The first kappa shape index (κ1) is 17.6. The third-order valence-corrected chi connectivity index (χ3v) is 5.50. The number of ether oxygens (including phenoxy) is 2. The van der Waals surface area contributed by atoms with Gasteiger partial charge in [-0.15, -0.1) is 0 Å². The second-order valence-corrected chi connectivity index (χ2v) is 7.41. The summed E-state index contributed by atoms with van der Waals surface area (Å²) in [5, 5.41) is 4.30. The zero-order valence-electron chi connectivity index (χ0n) is 16.2. The largest absolute Gasteiger partial charge is 0.454 e. The summed E-state index contributed by atoms with van der Waals surface area (Å²) in [7, 11) is 0. The van der Waals surface area contributed by atoms with Crippen LogP contribution in [0.2, 0.25) is 0 Å². The van der Waals surface area contributed by atoms with Crippen molar-refractivity contribution in [2.75, 3.05) is 23.6 Å². The lowest BCUT2D eigenvalue weighted by atomic mass is 10.2. The Labute approximate surface area is 169 Å². The summed E-state index contributed by atoms with van der Waals surface area (Å²) in [6.45, 7) is 11.4. The van der Waals surface area contributed by atoms with Crippen LogP contribution in [0.4, 0.5) is 17.5 Å². The van der Waals surface area contributed by atoms with Crippen LogP contribution in [0.5, 0.6) is 11.5 Å². The van der Waals surface area contributed by atoms with E-state index in [1.165, 1.54) is 0 Å². The van der Waals surface area contributed by atoms with E-state index in [2.05, 4.69) is 22.0 Å². The Kier molecular flexibility index (Phi) is 4.32. The fourth-order valence-electron chi connectivity index (χ4n) is 3.90. The Morgan fingerprint density at radius 3 is 2.90 bits per heavy atom. The number of nitrogens with zero attached hydrogens (tertiary/aromatic N) is 4. The van der Waals surface area contributed by atoms with Crippen LogP contribution in [0.25, 0.3) is 15.7 Å². The number of benzene rings is 2. The predicted octanol–water partition coefficient (Wildman–Crippen LogP) is 4.51. The van der Waals surface area contributed by atoms with Crippen LogP contribution in [0.3, 0.4) is 0 Å². The van der Waals surface area contributed by atoms with E-state index in [4.69, 9.17) is 26.0 Å². The molecule has 0 spiro atoms. The van der Waals surface area contributed by atoms with Crippen LogP contribution in [-0.4, -0.2) is 29.3 Å². The maximum atomic E-state index is 7.33. The average Bonchev–Trinajstić information content (AvgIpc) is 3.39. The summed E-state index contributed by atoms with van der Waals surface area (Å²) in [6, 6.07) is 11.9. The van der Waals surface area contributed by atoms with Crippen molar-refractivity contribution in [3.63, 3.8) is 0 Å². The highest BCUT2D eigenvalue weighted by Gasteiger charge is 2.24. The van der Waals surface area contributed by atoms with E-state index >= 15 is 0 Å². The van der Waals surface area contributed by atoms with Crippen molar-refractivity contribution >= 4 is 28.4 Å². The van der Waals surface area contributed by atoms with Gasteiger partial charge in [-0.3, -0.25) is 0 Å². The first-order valence-corrected chi connectivity index (χ1v) is 9.79. The van der Waals surface area contributed by atoms with Gasteiger partial charge in [-0.2, -0.15) is 4.98 Å². The summed E-state index contributed by atoms with van der Waals surface area (Å²) in [5.41, 5.74) is 2.49. The minimum Gasteiger partial charge on any atom is -0.454 e. The van der Waals surface area contributed by atoms with E-state index in [9.17, 15) is 0 Å². The summed E-state index contributed by atoms with van der Waals surface area (Å²) < 4.78 is 10.9. The Balaban J connectivity index is 1.50. The summed E-state index contributed by atoms with van der Waals surface area (Å²) in [5.74, 6) is 3.02. The van der Waals surface area contributed by atoms with Crippen LogP contribution >= 0.6 is 0 Å². The first-order chi connectivity index (χ1) is 14.2. The van der Waals surface area contributed by atoms with E-state index in [0.717, 1.165) is 59.1 Å². The van der Waals surface area contributed by atoms with Crippen LogP contribution in [0.15, 0.2) is 36.4 Å². The lowest BCUT2D eigenvalue weighted by Crippen LogP contribution is -2.28. The van der Waals surface area contributed by atoms with Crippen molar-refractivity contribution in [3.8, 4) is 11.5 Å². The van der Waals surface area contributed by atoms with Gasteiger partial charge in [0.15, 0.2) is 17.2 Å². The van der Waals surface area contributed by atoms with Gasteiger partial charge < -0.3 is 19.7 Å². The number of rotatable bonds is 4. The molecule has 1 N–H and O–H groups in total. The molecule has 2 aliphatic rings. The van der Waals surface area contributed by atoms with Crippen LogP contribution in [0.1, 0.15) is 25.3 Å². The van der Waals surface area contributed by atoms with Crippen molar-refractivity contribution in [1.82, 2.24) is 9.97 Å². The molecular weight excluding hydrogens is 366 g/mol. The number of nitrogens with one attached hydrogen (secondary N) is 1. The Morgan fingerprint density at radius 2 is 2.07 bits per heavy atom. The molecule has 1 aromatic heterocycles. The second-order valence-electron chi connectivity index (χ2n) is 7.41. The molecule has 3 aromatic rings. The molecule has 0 amide bonds. The minimum atomic E-state index is 0.263. The molecule has 1 atom stereocenters. The molecule has 2 aromatic carbocycles. The normalized spacial score (nSPS) is 17.5. The van der Waals surface area contributed by atoms with Gasteiger partial charge in [-0.05, 0) is 49.6 Å². The number of hydrogen-bond donors (Lipinski definition) is 1. The summed E-state index contributed by atoms with van der Waals surface area (Å²) in [6.07, 6.45) is 2.30. The van der Waals surface area contributed by atoms with Crippen molar-refractivity contribution in [2.45, 2.75) is 32.4 Å². The Bertz CT molecular complexity index is 1120. The SMILES string of the molecule is [C-]#[N+]c1ccc2nc(N3CCC[C@H]3C)nc(NCc3ccc4c(c3)OCO4)c2c1. The van der Waals surface area contributed by atoms with Gasteiger partial charge in [-0.25, -0.2) is 9.83 Å². The van der Waals surface area contributed by atoms with E-state index in [-0.39, 0.29) is 6.79 Å². The van der Waals surface area contributed by atoms with Crippen molar-refractivity contribution in [1.29, 1.82) is 0 Å². The molecule has 0 unspecified atom stereocenters. The van der Waals surface area contributed by atoms with Gasteiger partial charge in [0.05, 0.1) is 12.1 Å². The van der Waals surface area contributed by atoms with Gasteiger partial charge in [-0.1, -0.05) is 12.1 Å². The zero-order chi connectivity index (χ0) is 19.8. The topological polar surface area (TPSA) is 63.9 Å². The maximum Gasteiger partial charge on any atom is 0.231 e. The van der Waals surface area contributed by atoms with Crippen LogP contribution < -0.4 is 19.7 Å². The minimum absolute atomic E-state index is 0.263. The predicted molar refractivity (Wildman–Crippen MR) is 112 cm³/mol. The Morgan fingerprint density at radius 1 is 1.17 bits per heavy atom. The standard InChI is InChI=1S/C22H21N5O2/c1-14-4-3-9-27(14)22-25-18-7-6-16(23-2)11-17(18)21(26-22)24-12-15-5-8-19-20(10-15)29-13-28-19/h5-8,10-11,14H,3-4,9,12-13H2,1H3,(H,24,25,26)/t14-/m1/s1. The molecule has 29 heavy (non-hydrogen) atoms. The summed E-state index contributed by atoms with van der Waals surface area (Å²) >= 11 is 0. The van der Waals surface area contributed by atoms with Gasteiger partial charge in [0.2, 0.25) is 12.7 Å². The third-order valence-electron chi connectivity index (χ3n) is 5.50. The molecule has 146 valence electrons. The molecule has 1 saturated heterocycles. The molecule has 5 rings (SSSR count). The fourth-order valence-corrected chi connectivity index (χ4v) is 3.90. The van der Waals surface area contributed by atoms with Gasteiger partial charge in [0, 0.05) is 24.5 Å². The zero-order valence-corrected chi connectivity index (χ0v) is 16.2. The van der Waals surface area contributed by atoms with Gasteiger partial charge in [0.1, 0.15) is 5.82 Å². The molecule has 0 aliphatic carbocycles. The highest BCUT2D eigenvalue weighted by molar-refractivity contribution is 5.92.